The Morgan fingerprint density at radius 3 is 2.12 bits per heavy atom. The van der Waals surface area contributed by atoms with Crippen LogP contribution in [0.4, 0.5) is 13.2 Å². The first-order chi connectivity index (χ1) is 7.71. The molecule has 0 aliphatic rings. The molecule has 1 rings (SSSR count). The highest BCUT2D eigenvalue weighted by Gasteiger charge is 2.32. The minimum absolute atomic E-state index is 0.163. The summed E-state index contributed by atoms with van der Waals surface area (Å²) in [6.45, 7) is 2.04. The van der Waals surface area contributed by atoms with Crippen molar-refractivity contribution in [1.29, 1.82) is 0 Å². The summed E-state index contributed by atoms with van der Waals surface area (Å²) in [6, 6.07) is 1.97. The van der Waals surface area contributed by atoms with Crippen LogP contribution in [0.15, 0.2) is 12.1 Å². The lowest BCUT2D eigenvalue weighted by Crippen LogP contribution is -2.24. The molecular weight excluding hydrogens is 461 g/mol. The number of ether oxygens (including phenoxy) is 1. The monoisotopic (exact) mass is 471 g/mol. The van der Waals surface area contributed by atoms with Crippen LogP contribution in [0.3, 0.4) is 0 Å². The normalized spacial score (nSPS) is 13.6. The molecule has 1 aromatic rings. The second-order valence-corrected chi connectivity index (χ2v) is 5.88. The van der Waals surface area contributed by atoms with Crippen molar-refractivity contribution >= 4 is 45.2 Å². The zero-order valence-electron chi connectivity index (χ0n) is 8.81. The molecule has 2 N–H and O–H groups in total. The summed E-state index contributed by atoms with van der Waals surface area (Å²) in [5, 5.41) is 0. The first-order valence-corrected chi connectivity index (χ1v) is 6.82. The Labute approximate surface area is 124 Å². The number of hydrogen-bond donors (Lipinski definition) is 1. The fourth-order valence-corrected chi connectivity index (χ4v) is 3.16. The maximum atomic E-state index is 12.5. The average molecular weight is 471 g/mol. The van der Waals surface area contributed by atoms with Crippen molar-refractivity contribution < 1.29 is 17.9 Å². The van der Waals surface area contributed by atoms with E-state index in [0.717, 1.165) is 12.1 Å². The van der Waals surface area contributed by atoms with Gasteiger partial charge in [-0.3, -0.25) is 0 Å². The molecule has 1 unspecified atom stereocenters. The Hall–Kier alpha value is 0.230. The van der Waals surface area contributed by atoms with Gasteiger partial charge < -0.3 is 10.5 Å². The summed E-state index contributed by atoms with van der Waals surface area (Å²) in [5.41, 5.74) is 4.86. The summed E-state index contributed by atoms with van der Waals surface area (Å²) in [7, 11) is 0. The van der Waals surface area contributed by atoms with Gasteiger partial charge in [0, 0.05) is 6.04 Å². The molecule has 2 nitrogen and oxygen atoms in total. The highest BCUT2D eigenvalue weighted by atomic mass is 127. The molecule has 0 spiro atoms. The Morgan fingerprint density at radius 1 is 1.29 bits per heavy atom. The van der Waals surface area contributed by atoms with Crippen molar-refractivity contribution in [2.75, 3.05) is 6.61 Å². The minimum Gasteiger partial charge on any atom is -0.490 e. The molecule has 17 heavy (non-hydrogen) atoms. The average Bonchev–Trinajstić information content (AvgIpc) is 2.14. The van der Waals surface area contributed by atoms with Gasteiger partial charge >= 0.3 is 6.18 Å². The van der Waals surface area contributed by atoms with Crippen molar-refractivity contribution in [2.24, 2.45) is 5.73 Å². The quantitative estimate of drug-likeness (QED) is 0.684. The van der Waals surface area contributed by atoms with Crippen LogP contribution in [-0.2, 0) is 6.18 Å². The zero-order valence-corrected chi connectivity index (χ0v) is 13.1. The second-order valence-electron chi connectivity index (χ2n) is 3.56. The SMILES string of the molecule is CC(N)COc1c(I)cc(C(F)(F)F)cc1I. The van der Waals surface area contributed by atoms with Crippen LogP contribution in [0.5, 0.6) is 5.75 Å². The maximum absolute atomic E-state index is 12.5. The highest BCUT2D eigenvalue weighted by molar-refractivity contribution is 14.1. The first kappa shape index (κ1) is 15.3. The van der Waals surface area contributed by atoms with E-state index in [1.165, 1.54) is 0 Å². The van der Waals surface area contributed by atoms with Gasteiger partial charge in [-0.05, 0) is 64.2 Å². The molecule has 96 valence electrons. The van der Waals surface area contributed by atoms with Crippen LogP contribution in [0.2, 0.25) is 0 Å². The molecule has 0 aliphatic carbocycles. The Balaban J connectivity index is 3.03. The molecular formula is C10H10F3I2NO. The standard InChI is InChI=1S/C10H10F3I2NO/c1-5(16)4-17-9-7(14)2-6(3-8(9)15)10(11,12)13/h2-3,5H,4,16H2,1H3. The van der Waals surface area contributed by atoms with Crippen molar-refractivity contribution in [3.63, 3.8) is 0 Å². The summed E-state index contributed by atoms with van der Waals surface area (Å²) >= 11 is 3.66. The second kappa shape index (κ2) is 5.91. The van der Waals surface area contributed by atoms with Crippen LogP contribution in [-0.4, -0.2) is 12.6 Å². The summed E-state index contributed by atoms with van der Waals surface area (Å²) in [4.78, 5) is 0. The Kier molecular flexibility index (Phi) is 5.32. The van der Waals surface area contributed by atoms with Crippen LogP contribution in [0.1, 0.15) is 12.5 Å². The van der Waals surface area contributed by atoms with E-state index in [4.69, 9.17) is 10.5 Å². The number of benzene rings is 1. The largest absolute Gasteiger partial charge is 0.490 e. The summed E-state index contributed by atoms with van der Waals surface area (Å²) in [6.07, 6.45) is -4.33. The van der Waals surface area contributed by atoms with E-state index in [0.29, 0.717) is 12.9 Å². The number of rotatable bonds is 3. The van der Waals surface area contributed by atoms with Gasteiger partial charge in [-0.15, -0.1) is 0 Å². The third kappa shape index (κ3) is 4.43. The number of halogens is 5. The molecule has 1 aromatic carbocycles. The van der Waals surface area contributed by atoms with Gasteiger partial charge in [0.2, 0.25) is 0 Å². The van der Waals surface area contributed by atoms with Gasteiger partial charge in [-0.1, -0.05) is 0 Å². The smallest absolute Gasteiger partial charge is 0.416 e. The molecule has 7 heteroatoms. The number of hydrogen-bond acceptors (Lipinski definition) is 2. The van der Waals surface area contributed by atoms with Crippen LogP contribution < -0.4 is 10.5 Å². The van der Waals surface area contributed by atoms with Gasteiger partial charge in [0.15, 0.2) is 0 Å². The molecule has 0 aromatic heterocycles. The van der Waals surface area contributed by atoms with E-state index in [9.17, 15) is 13.2 Å². The van der Waals surface area contributed by atoms with Crippen LogP contribution in [0.25, 0.3) is 0 Å². The van der Waals surface area contributed by atoms with Crippen molar-refractivity contribution in [3.8, 4) is 5.75 Å². The molecule has 0 aliphatic heterocycles. The van der Waals surface area contributed by atoms with E-state index in [1.54, 1.807) is 6.92 Å². The molecule has 0 heterocycles. The molecule has 0 fully saturated rings. The van der Waals surface area contributed by atoms with E-state index in [2.05, 4.69) is 0 Å². The van der Waals surface area contributed by atoms with Gasteiger partial charge in [-0.2, -0.15) is 13.2 Å². The van der Waals surface area contributed by atoms with Gasteiger partial charge in [0.05, 0.1) is 12.7 Å². The van der Waals surface area contributed by atoms with Crippen LogP contribution >= 0.6 is 45.2 Å². The summed E-state index contributed by atoms with van der Waals surface area (Å²) in [5.74, 6) is 0.455. The fraction of sp³-hybridized carbons (Fsp3) is 0.400. The molecule has 0 bridgehead atoms. The summed E-state index contributed by atoms with van der Waals surface area (Å²) < 4.78 is 43.8. The van der Waals surface area contributed by atoms with Gasteiger partial charge in [-0.25, -0.2) is 0 Å². The highest BCUT2D eigenvalue weighted by Crippen LogP contribution is 2.36. The van der Waals surface area contributed by atoms with Gasteiger partial charge in [0.1, 0.15) is 12.4 Å². The van der Waals surface area contributed by atoms with Crippen molar-refractivity contribution in [3.05, 3.63) is 24.8 Å². The predicted octanol–water partition coefficient (Wildman–Crippen LogP) is 3.64. The topological polar surface area (TPSA) is 35.2 Å². The lowest BCUT2D eigenvalue weighted by atomic mass is 10.2. The molecule has 0 saturated heterocycles. The Bertz CT molecular complexity index is 384. The fourth-order valence-electron chi connectivity index (χ4n) is 1.08. The van der Waals surface area contributed by atoms with Gasteiger partial charge in [0.25, 0.3) is 0 Å². The lowest BCUT2D eigenvalue weighted by Gasteiger charge is -2.15. The van der Waals surface area contributed by atoms with Crippen molar-refractivity contribution in [2.45, 2.75) is 19.1 Å². The maximum Gasteiger partial charge on any atom is 0.416 e. The molecule has 0 amide bonds. The third-order valence-corrected chi connectivity index (χ3v) is 3.42. The molecule has 0 saturated carbocycles. The zero-order chi connectivity index (χ0) is 13.2. The number of nitrogens with two attached hydrogens (primary N) is 1. The third-order valence-electron chi connectivity index (χ3n) is 1.82. The molecule has 1 atom stereocenters. The lowest BCUT2D eigenvalue weighted by molar-refractivity contribution is -0.137. The Morgan fingerprint density at radius 2 is 1.76 bits per heavy atom. The van der Waals surface area contributed by atoms with E-state index in [-0.39, 0.29) is 12.6 Å². The van der Waals surface area contributed by atoms with Crippen molar-refractivity contribution in [1.82, 2.24) is 0 Å². The van der Waals surface area contributed by atoms with E-state index in [1.807, 2.05) is 45.2 Å². The minimum atomic E-state index is -4.33. The van der Waals surface area contributed by atoms with Crippen LogP contribution in [0, 0.1) is 7.14 Å². The number of alkyl halides is 3. The molecule has 0 radical (unpaired) electrons. The van der Waals surface area contributed by atoms with E-state index < -0.39 is 11.7 Å². The predicted molar refractivity (Wildman–Crippen MR) is 76.0 cm³/mol. The van der Waals surface area contributed by atoms with E-state index >= 15 is 0 Å². The first-order valence-electron chi connectivity index (χ1n) is 4.66.